The fourth-order valence-corrected chi connectivity index (χ4v) is 2.01. The van der Waals surface area contributed by atoms with Crippen molar-refractivity contribution in [2.45, 2.75) is 13.0 Å². The number of aromatic nitrogens is 3. The van der Waals surface area contributed by atoms with Gasteiger partial charge in [0, 0.05) is 0 Å². The van der Waals surface area contributed by atoms with Gasteiger partial charge in [-0.2, -0.15) is 5.10 Å². The lowest BCUT2D eigenvalue weighted by Gasteiger charge is -2.09. The molecule has 0 amide bonds. The molecule has 0 aromatic carbocycles. The van der Waals surface area contributed by atoms with Gasteiger partial charge in [-0.25, -0.2) is 18.1 Å². The maximum Gasteiger partial charge on any atom is 0.215 e. The first kappa shape index (κ1) is 10.9. The number of H-pyrrole nitrogens is 1. The zero-order valence-electron chi connectivity index (χ0n) is 7.77. The van der Waals surface area contributed by atoms with E-state index in [0.29, 0.717) is 5.82 Å². The van der Waals surface area contributed by atoms with Crippen molar-refractivity contribution in [2.24, 2.45) is 0 Å². The molecule has 0 aliphatic rings. The van der Waals surface area contributed by atoms with Crippen molar-refractivity contribution in [1.82, 2.24) is 19.9 Å². The van der Waals surface area contributed by atoms with Crippen molar-refractivity contribution in [2.75, 3.05) is 5.75 Å². The first-order valence-electron chi connectivity index (χ1n) is 4.01. The highest BCUT2D eigenvalue weighted by Gasteiger charge is 2.15. The van der Waals surface area contributed by atoms with E-state index in [-0.39, 0.29) is 5.75 Å². The van der Waals surface area contributed by atoms with Crippen LogP contribution in [-0.4, -0.2) is 29.4 Å². The number of sulfonamides is 1. The summed E-state index contributed by atoms with van der Waals surface area (Å²) in [6.07, 6.45) is 2.66. The van der Waals surface area contributed by atoms with E-state index in [1.165, 1.54) is 12.4 Å². The number of hydrogen-bond donors (Lipinski definition) is 2. The van der Waals surface area contributed by atoms with Crippen LogP contribution < -0.4 is 4.72 Å². The highest BCUT2D eigenvalue weighted by molar-refractivity contribution is 7.89. The molecular formula is C7H12N4O2S. The van der Waals surface area contributed by atoms with E-state index < -0.39 is 16.1 Å². The van der Waals surface area contributed by atoms with E-state index in [1.807, 2.05) is 0 Å². The second kappa shape index (κ2) is 4.34. The Morgan fingerprint density at radius 1 is 1.79 bits per heavy atom. The van der Waals surface area contributed by atoms with E-state index in [0.717, 1.165) is 0 Å². The smallest absolute Gasteiger partial charge is 0.215 e. The topological polar surface area (TPSA) is 87.7 Å². The van der Waals surface area contributed by atoms with E-state index in [1.54, 1.807) is 6.92 Å². The lowest BCUT2D eigenvalue weighted by atomic mass is 10.3. The minimum absolute atomic E-state index is 0.106. The summed E-state index contributed by atoms with van der Waals surface area (Å²) in [7, 11) is -3.31. The van der Waals surface area contributed by atoms with Gasteiger partial charge < -0.3 is 0 Å². The molecular weight excluding hydrogens is 204 g/mol. The molecule has 0 saturated heterocycles. The Bertz CT molecular complexity index is 384. The molecule has 0 saturated carbocycles. The van der Waals surface area contributed by atoms with Crippen molar-refractivity contribution in [3.05, 3.63) is 24.8 Å². The predicted octanol–water partition coefficient (Wildman–Crippen LogP) is -0.0289. The molecule has 14 heavy (non-hydrogen) atoms. The number of rotatable bonds is 5. The highest BCUT2D eigenvalue weighted by atomic mass is 32.2. The molecule has 78 valence electrons. The monoisotopic (exact) mass is 216 g/mol. The van der Waals surface area contributed by atoms with Gasteiger partial charge in [0.2, 0.25) is 10.0 Å². The number of nitrogens with zero attached hydrogens (tertiary/aromatic N) is 2. The largest absolute Gasteiger partial charge is 0.262 e. The molecule has 6 nitrogen and oxygen atoms in total. The zero-order valence-corrected chi connectivity index (χ0v) is 8.58. The third kappa shape index (κ3) is 2.93. The van der Waals surface area contributed by atoms with E-state index in [9.17, 15) is 8.42 Å². The van der Waals surface area contributed by atoms with Crippen LogP contribution in [0.15, 0.2) is 19.0 Å². The van der Waals surface area contributed by atoms with Crippen LogP contribution in [0.4, 0.5) is 0 Å². The van der Waals surface area contributed by atoms with Crippen molar-refractivity contribution >= 4 is 10.0 Å². The summed E-state index contributed by atoms with van der Waals surface area (Å²) < 4.78 is 25.0. The van der Waals surface area contributed by atoms with Crippen molar-refractivity contribution in [3.63, 3.8) is 0 Å². The van der Waals surface area contributed by atoms with E-state index in [2.05, 4.69) is 26.5 Å². The maximum atomic E-state index is 11.3. The summed E-state index contributed by atoms with van der Waals surface area (Å²) in [5.74, 6) is 0.378. The standard InChI is InChI=1S/C7H12N4O2S/c1-3-4-14(12,13)11-6(2)7-8-5-9-10-7/h3,5-6,11H,1,4H2,2H3,(H,8,9,10). The van der Waals surface area contributed by atoms with Crippen LogP contribution in [0.1, 0.15) is 18.8 Å². The third-order valence-corrected chi connectivity index (χ3v) is 2.92. The lowest BCUT2D eigenvalue weighted by Crippen LogP contribution is -2.29. The van der Waals surface area contributed by atoms with Gasteiger partial charge in [-0.3, -0.25) is 5.10 Å². The Kier molecular flexibility index (Phi) is 3.37. The summed E-state index contributed by atoms with van der Waals surface area (Å²) in [5, 5.41) is 6.22. The highest BCUT2D eigenvalue weighted by Crippen LogP contribution is 2.05. The van der Waals surface area contributed by atoms with Crippen molar-refractivity contribution in [3.8, 4) is 0 Å². The Balaban J connectivity index is 2.66. The Hall–Kier alpha value is -1.21. The second-order valence-electron chi connectivity index (χ2n) is 2.78. The lowest BCUT2D eigenvalue weighted by molar-refractivity contribution is 0.563. The average molecular weight is 216 g/mol. The molecule has 2 N–H and O–H groups in total. The normalized spacial score (nSPS) is 13.8. The van der Waals surface area contributed by atoms with Gasteiger partial charge in [0.05, 0.1) is 11.8 Å². The molecule has 0 spiro atoms. The van der Waals surface area contributed by atoms with E-state index in [4.69, 9.17) is 0 Å². The molecule has 0 fully saturated rings. The molecule has 1 aromatic heterocycles. The molecule has 1 atom stereocenters. The zero-order chi connectivity index (χ0) is 10.6. The van der Waals surface area contributed by atoms with Gasteiger partial charge in [0.1, 0.15) is 12.2 Å². The van der Waals surface area contributed by atoms with Gasteiger partial charge in [-0.15, -0.1) is 6.58 Å². The molecule has 0 aliphatic heterocycles. The van der Waals surface area contributed by atoms with Crippen LogP contribution in [-0.2, 0) is 10.0 Å². The number of nitrogens with one attached hydrogen (secondary N) is 2. The summed E-state index contributed by atoms with van der Waals surface area (Å²) in [5.41, 5.74) is 0. The molecule has 1 rings (SSSR count). The van der Waals surface area contributed by atoms with Crippen LogP contribution in [0.2, 0.25) is 0 Å². The van der Waals surface area contributed by atoms with Gasteiger partial charge in [0.15, 0.2) is 0 Å². The van der Waals surface area contributed by atoms with Gasteiger partial charge >= 0.3 is 0 Å². The Morgan fingerprint density at radius 2 is 2.50 bits per heavy atom. The predicted molar refractivity (Wildman–Crippen MR) is 51.9 cm³/mol. The van der Waals surface area contributed by atoms with Crippen LogP contribution in [0, 0.1) is 0 Å². The Morgan fingerprint density at radius 3 is 3.00 bits per heavy atom. The van der Waals surface area contributed by atoms with E-state index >= 15 is 0 Å². The third-order valence-electron chi connectivity index (χ3n) is 1.54. The van der Waals surface area contributed by atoms with Crippen LogP contribution in [0.25, 0.3) is 0 Å². The maximum absolute atomic E-state index is 11.3. The van der Waals surface area contributed by atoms with Gasteiger partial charge in [0.25, 0.3) is 0 Å². The molecule has 0 aliphatic carbocycles. The second-order valence-corrected chi connectivity index (χ2v) is 4.58. The van der Waals surface area contributed by atoms with Crippen LogP contribution >= 0.6 is 0 Å². The molecule has 1 heterocycles. The molecule has 0 radical (unpaired) electrons. The van der Waals surface area contributed by atoms with Gasteiger partial charge in [-0.1, -0.05) is 6.08 Å². The van der Waals surface area contributed by atoms with Crippen molar-refractivity contribution in [1.29, 1.82) is 0 Å². The average Bonchev–Trinajstić information content (AvgIpc) is 2.53. The minimum atomic E-state index is -3.31. The first-order valence-corrected chi connectivity index (χ1v) is 5.66. The fraction of sp³-hybridized carbons (Fsp3) is 0.429. The Labute approximate surface area is 82.5 Å². The number of hydrogen-bond acceptors (Lipinski definition) is 4. The summed E-state index contributed by atoms with van der Waals surface area (Å²) in [6, 6.07) is -0.414. The molecule has 0 bridgehead atoms. The van der Waals surface area contributed by atoms with Crippen LogP contribution in [0.3, 0.4) is 0 Å². The first-order chi connectivity index (χ1) is 6.55. The number of aromatic amines is 1. The summed E-state index contributed by atoms with van der Waals surface area (Å²) in [6.45, 7) is 5.04. The fourth-order valence-electron chi connectivity index (χ4n) is 0.952. The SMILES string of the molecule is C=CCS(=O)(=O)NC(C)c1ncn[nH]1. The van der Waals surface area contributed by atoms with Crippen LogP contribution in [0.5, 0.6) is 0 Å². The molecule has 1 unspecified atom stereocenters. The van der Waals surface area contributed by atoms with Crippen molar-refractivity contribution < 1.29 is 8.42 Å². The molecule has 7 heteroatoms. The summed E-state index contributed by atoms with van der Waals surface area (Å²) in [4.78, 5) is 3.84. The quantitative estimate of drug-likeness (QED) is 0.677. The van der Waals surface area contributed by atoms with Gasteiger partial charge in [-0.05, 0) is 6.92 Å². The molecule has 1 aromatic rings. The minimum Gasteiger partial charge on any atom is -0.262 e. The summed E-state index contributed by atoms with van der Waals surface area (Å²) >= 11 is 0.